The van der Waals surface area contributed by atoms with Gasteiger partial charge in [-0.05, 0) is 45.7 Å². The lowest BCUT2D eigenvalue weighted by Crippen LogP contribution is -2.41. The van der Waals surface area contributed by atoms with Gasteiger partial charge in [0.2, 0.25) is 0 Å². The van der Waals surface area contributed by atoms with Gasteiger partial charge in [0.05, 0.1) is 24.8 Å². The van der Waals surface area contributed by atoms with Crippen LogP contribution < -0.4 is 14.8 Å². The molecule has 2 N–H and O–H groups in total. The highest BCUT2D eigenvalue weighted by atomic mass is 19.3. The van der Waals surface area contributed by atoms with Gasteiger partial charge in [0.1, 0.15) is 28.7 Å². The molecule has 10 heteroatoms. The van der Waals surface area contributed by atoms with Crippen molar-refractivity contribution in [2.75, 3.05) is 26.1 Å². The highest BCUT2D eigenvalue weighted by Crippen LogP contribution is 2.45. The van der Waals surface area contributed by atoms with Crippen molar-refractivity contribution in [3.8, 4) is 11.5 Å². The lowest BCUT2D eigenvalue weighted by molar-refractivity contribution is -0.170. The van der Waals surface area contributed by atoms with E-state index in [1.807, 2.05) is 0 Å². The molecule has 1 aromatic heterocycles. The fourth-order valence-electron chi connectivity index (χ4n) is 4.01. The van der Waals surface area contributed by atoms with Crippen LogP contribution in [0.5, 0.6) is 11.5 Å². The number of ether oxygens (including phenoxy) is 3. The number of rotatable bonds is 10. The third-order valence-corrected chi connectivity index (χ3v) is 6.27. The number of anilines is 1. The summed E-state index contributed by atoms with van der Waals surface area (Å²) in [4.78, 5) is 8.92. The Hall–Kier alpha value is -3.11. The average molecular weight is 506 g/mol. The molecule has 1 fully saturated rings. The smallest absolute Gasteiger partial charge is 0.303 e. The zero-order valence-corrected chi connectivity index (χ0v) is 20.9. The summed E-state index contributed by atoms with van der Waals surface area (Å²) in [7, 11) is 3.15. The van der Waals surface area contributed by atoms with Crippen molar-refractivity contribution < 1.29 is 32.5 Å². The summed E-state index contributed by atoms with van der Waals surface area (Å²) < 4.78 is 61.5. The Kier molecular flexibility index (Phi) is 6.78. The van der Waals surface area contributed by atoms with E-state index in [0.717, 1.165) is 32.8 Å². The van der Waals surface area contributed by atoms with E-state index in [1.165, 1.54) is 19.2 Å². The minimum absolute atomic E-state index is 0.00264. The number of aryl methyl sites for hydroxylation is 1. The highest BCUT2D eigenvalue weighted by molar-refractivity contribution is 5.91. The van der Waals surface area contributed by atoms with E-state index in [-0.39, 0.29) is 12.1 Å². The zero-order chi connectivity index (χ0) is 26.3. The van der Waals surface area contributed by atoms with Gasteiger partial charge in [0.15, 0.2) is 11.5 Å². The van der Waals surface area contributed by atoms with E-state index >= 15 is 4.39 Å². The van der Waals surface area contributed by atoms with Crippen LogP contribution in [0.15, 0.2) is 30.3 Å². The summed E-state index contributed by atoms with van der Waals surface area (Å²) >= 11 is 0. The Morgan fingerprint density at radius 1 is 1.11 bits per heavy atom. The summed E-state index contributed by atoms with van der Waals surface area (Å²) in [6, 6.07) is 7.20. The number of alkyl halides is 2. The van der Waals surface area contributed by atoms with Crippen molar-refractivity contribution in [3.63, 3.8) is 0 Å². The van der Waals surface area contributed by atoms with Crippen LogP contribution in [0, 0.1) is 12.7 Å². The summed E-state index contributed by atoms with van der Waals surface area (Å²) in [5.74, 6) is -3.03. The van der Waals surface area contributed by atoms with E-state index in [4.69, 9.17) is 14.2 Å². The molecule has 0 unspecified atom stereocenters. The lowest BCUT2D eigenvalue weighted by atomic mass is 9.92. The van der Waals surface area contributed by atoms with E-state index in [2.05, 4.69) is 15.3 Å². The monoisotopic (exact) mass is 505 g/mol. The Bertz CT molecular complexity index is 1270. The number of methoxy groups -OCH3 is 2. The van der Waals surface area contributed by atoms with Crippen molar-refractivity contribution >= 4 is 16.7 Å². The van der Waals surface area contributed by atoms with E-state index in [9.17, 15) is 13.9 Å². The normalized spacial score (nSPS) is 15.1. The van der Waals surface area contributed by atoms with E-state index in [0.29, 0.717) is 40.7 Å². The Labute approximate surface area is 207 Å². The van der Waals surface area contributed by atoms with Crippen LogP contribution in [0.4, 0.5) is 19.0 Å². The third kappa shape index (κ3) is 4.92. The summed E-state index contributed by atoms with van der Waals surface area (Å²) in [6.45, 7) is 3.92. The number of nitrogens with one attached hydrogen (secondary N) is 1. The van der Waals surface area contributed by atoms with Crippen LogP contribution in [0.2, 0.25) is 0 Å². The highest BCUT2D eigenvalue weighted by Gasteiger charge is 2.49. The van der Waals surface area contributed by atoms with E-state index < -0.39 is 28.5 Å². The maximum absolute atomic E-state index is 15.1. The molecular weight excluding hydrogens is 475 g/mol. The van der Waals surface area contributed by atoms with Gasteiger partial charge in [-0.15, -0.1) is 0 Å². The van der Waals surface area contributed by atoms with Crippen LogP contribution in [0.1, 0.15) is 43.6 Å². The van der Waals surface area contributed by atoms with Gasteiger partial charge in [-0.2, -0.15) is 8.78 Å². The molecule has 1 saturated carbocycles. The molecule has 36 heavy (non-hydrogen) atoms. The average Bonchev–Trinajstić information content (AvgIpc) is 3.56. The van der Waals surface area contributed by atoms with Crippen molar-refractivity contribution in [3.05, 3.63) is 53.1 Å². The second-order valence-electron chi connectivity index (χ2n) is 9.62. The zero-order valence-electron chi connectivity index (χ0n) is 20.9. The molecule has 1 aliphatic rings. The molecule has 4 rings (SSSR count). The second-order valence-corrected chi connectivity index (χ2v) is 9.62. The van der Waals surface area contributed by atoms with Gasteiger partial charge < -0.3 is 24.6 Å². The molecular formula is C26H30F3N3O4. The number of aliphatic hydroxyl groups is 1. The predicted molar refractivity (Wildman–Crippen MR) is 129 cm³/mol. The minimum Gasteiger partial charge on any atom is -0.493 e. The standard InChI is InChI=1S/C26H30F3N3O4/c1-15-31-19-12-20(35-5)21(36-25(9-10-25)14-34-4)11-17(19)23(32-15)30-13-16-7-6-8-18(22(16)27)26(28,29)24(2,3)33/h6-8,11-12,33H,9-10,13-14H2,1-5H3,(H,30,31,32). The molecule has 1 aliphatic carbocycles. The number of benzene rings is 2. The molecule has 3 aromatic rings. The van der Waals surface area contributed by atoms with Crippen molar-refractivity contribution in [2.45, 2.75) is 57.3 Å². The molecule has 0 spiro atoms. The molecule has 0 radical (unpaired) electrons. The van der Waals surface area contributed by atoms with Crippen LogP contribution in [-0.4, -0.2) is 47.1 Å². The predicted octanol–water partition coefficient (Wildman–Crippen LogP) is 5.12. The largest absolute Gasteiger partial charge is 0.493 e. The minimum atomic E-state index is -3.78. The second kappa shape index (κ2) is 9.40. The molecule has 0 amide bonds. The Morgan fingerprint density at radius 2 is 1.83 bits per heavy atom. The Morgan fingerprint density at radius 3 is 2.44 bits per heavy atom. The number of hydrogen-bond acceptors (Lipinski definition) is 7. The molecule has 1 heterocycles. The van der Waals surface area contributed by atoms with Gasteiger partial charge >= 0.3 is 5.92 Å². The number of halogens is 3. The maximum Gasteiger partial charge on any atom is 0.303 e. The summed E-state index contributed by atoms with van der Waals surface area (Å²) in [5, 5.41) is 13.5. The van der Waals surface area contributed by atoms with Crippen molar-refractivity contribution in [1.29, 1.82) is 0 Å². The van der Waals surface area contributed by atoms with Crippen LogP contribution in [0.25, 0.3) is 10.9 Å². The fraction of sp³-hybridized carbons (Fsp3) is 0.462. The molecule has 0 aliphatic heterocycles. The van der Waals surface area contributed by atoms with Gasteiger partial charge in [-0.25, -0.2) is 14.4 Å². The molecule has 0 saturated heterocycles. The van der Waals surface area contributed by atoms with Crippen molar-refractivity contribution in [2.24, 2.45) is 0 Å². The molecule has 0 bridgehead atoms. The quantitative estimate of drug-likeness (QED) is 0.396. The molecule has 0 atom stereocenters. The Balaban J connectivity index is 1.68. The van der Waals surface area contributed by atoms with Crippen LogP contribution in [-0.2, 0) is 17.2 Å². The summed E-state index contributed by atoms with van der Waals surface area (Å²) in [6.07, 6.45) is 1.70. The first kappa shape index (κ1) is 26.0. The molecule has 2 aromatic carbocycles. The number of hydrogen-bond donors (Lipinski definition) is 2. The number of aromatic nitrogens is 2. The van der Waals surface area contributed by atoms with Gasteiger partial charge in [0.25, 0.3) is 0 Å². The maximum atomic E-state index is 15.1. The van der Waals surface area contributed by atoms with Crippen LogP contribution >= 0.6 is 0 Å². The first-order valence-electron chi connectivity index (χ1n) is 11.6. The third-order valence-electron chi connectivity index (χ3n) is 6.27. The van der Waals surface area contributed by atoms with Gasteiger partial charge in [-0.3, -0.25) is 0 Å². The fourth-order valence-corrected chi connectivity index (χ4v) is 4.01. The first-order valence-corrected chi connectivity index (χ1v) is 11.6. The van der Waals surface area contributed by atoms with Crippen molar-refractivity contribution in [1.82, 2.24) is 9.97 Å². The SMILES string of the molecule is COCC1(Oc2cc3c(NCc4cccc(C(F)(F)C(C)(C)O)c4F)nc(C)nc3cc2OC)CC1. The van der Waals surface area contributed by atoms with Crippen LogP contribution in [0.3, 0.4) is 0 Å². The van der Waals surface area contributed by atoms with Gasteiger partial charge in [-0.1, -0.05) is 12.1 Å². The van der Waals surface area contributed by atoms with Gasteiger partial charge in [0, 0.05) is 30.7 Å². The first-order chi connectivity index (χ1) is 16.9. The lowest BCUT2D eigenvalue weighted by Gasteiger charge is -2.30. The molecule has 194 valence electrons. The molecule has 7 nitrogen and oxygen atoms in total. The number of fused-ring (bicyclic) bond motifs is 1. The number of nitrogens with zero attached hydrogens (tertiary/aromatic N) is 2. The van der Waals surface area contributed by atoms with E-state index in [1.54, 1.807) is 26.2 Å². The topological polar surface area (TPSA) is 85.7 Å². The summed E-state index contributed by atoms with van der Waals surface area (Å²) in [5.41, 5.74) is -3.14.